The van der Waals surface area contributed by atoms with Gasteiger partial charge in [-0.3, -0.25) is 0 Å². The van der Waals surface area contributed by atoms with E-state index in [-0.39, 0.29) is 0 Å². The molecule has 0 saturated carbocycles. The molecule has 0 aromatic carbocycles. The third kappa shape index (κ3) is 5.15. The molecular weight excluding hydrogens is 360 g/mol. The lowest BCUT2D eigenvalue weighted by Gasteiger charge is -2.23. The lowest BCUT2D eigenvalue weighted by molar-refractivity contribution is 0.0655. The quantitative estimate of drug-likeness (QED) is 0.430. The van der Waals surface area contributed by atoms with Gasteiger partial charge < -0.3 is 15.7 Å². The van der Waals surface area contributed by atoms with Gasteiger partial charge in [0.05, 0.1) is 13.1 Å². The van der Waals surface area contributed by atoms with E-state index >= 15 is 0 Å². The SMILES string of the molecule is CCNC(=NCc1ccnc(-n2cccn2)c1)NCC(C)(O)c1cccs1. The summed E-state index contributed by atoms with van der Waals surface area (Å²) in [5.41, 5.74) is 0.0756. The summed E-state index contributed by atoms with van der Waals surface area (Å²) >= 11 is 1.54. The van der Waals surface area contributed by atoms with E-state index in [4.69, 9.17) is 0 Å². The van der Waals surface area contributed by atoms with Gasteiger partial charge >= 0.3 is 0 Å². The van der Waals surface area contributed by atoms with E-state index in [0.717, 1.165) is 22.8 Å². The number of pyridine rings is 1. The monoisotopic (exact) mass is 384 g/mol. The third-order valence-corrected chi connectivity index (χ3v) is 5.09. The van der Waals surface area contributed by atoms with E-state index in [1.165, 1.54) is 11.3 Å². The molecule has 0 spiro atoms. The maximum absolute atomic E-state index is 10.7. The van der Waals surface area contributed by atoms with E-state index in [1.807, 2.05) is 48.8 Å². The van der Waals surface area contributed by atoms with Crippen LogP contribution in [0.25, 0.3) is 5.82 Å². The van der Waals surface area contributed by atoms with Crippen molar-refractivity contribution in [1.29, 1.82) is 0 Å². The molecule has 0 radical (unpaired) electrons. The van der Waals surface area contributed by atoms with Crippen molar-refractivity contribution in [2.45, 2.75) is 26.0 Å². The van der Waals surface area contributed by atoms with Gasteiger partial charge in [0.2, 0.25) is 0 Å². The second-order valence-electron chi connectivity index (χ2n) is 6.27. The van der Waals surface area contributed by atoms with Crippen LogP contribution in [0, 0.1) is 0 Å². The number of hydrogen-bond acceptors (Lipinski definition) is 5. The Kier molecular flexibility index (Phi) is 6.20. The van der Waals surface area contributed by atoms with E-state index in [0.29, 0.717) is 19.0 Å². The molecule has 3 aromatic rings. The van der Waals surface area contributed by atoms with Gasteiger partial charge in [-0.25, -0.2) is 14.7 Å². The molecular formula is C19H24N6OS. The van der Waals surface area contributed by atoms with Crippen LogP contribution < -0.4 is 10.6 Å². The largest absolute Gasteiger partial charge is 0.383 e. The fourth-order valence-corrected chi connectivity index (χ4v) is 3.32. The predicted molar refractivity (Wildman–Crippen MR) is 108 cm³/mol. The highest BCUT2D eigenvalue weighted by Gasteiger charge is 2.24. The molecule has 3 N–H and O–H groups in total. The molecule has 3 rings (SSSR count). The summed E-state index contributed by atoms with van der Waals surface area (Å²) in [6.07, 6.45) is 5.33. The highest BCUT2D eigenvalue weighted by Crippen LogP contribution is 2.24. The molecule has 1 atom stereocenters. The van der Waals surface area contributed by atoms with Gasteiger partial charge in [-0.15, -0.1) is 11.3 Å². The van der Waals surface area contributed by atoms with E-state index in [1.54, 1.807) is 24.0 Å². The van der Waals surface area contributed by atoms with Crippen molar-refractivity contribution in [2.75, 3.05) is 13.1 Å². The zero-order chi connectivity index (χ0) is 19.1. The molecule has 0 saturated heterocycles. The Morgan fingerprint density at radius 3 is 2.89 bits per heavy atom. The number of rotatable bonds is 7. The Morgan fingerprint density at radius 1 is 1.30 bits per heavy atom. The van der Waals surface area contributed by atoms with Crippen molar-refractivity contribution in [1.82, 2.24) is 25.4 Å². The van der Waals surface area contributed by atoms with Crippen molar-refractivity contribution < 1.29 is 5.11 Å². The highest BCUT2D eigenvalue weighted by atomic mass is 32.1. The first-order valence-electron chi connectivity index (χ1n) is 8.82. The van der Waals surface area contributed by atoms with Crippen LogP contribution in [0.2, 0.25) is 0 Å². The van der Waals surface area contributed by atoms with Crippen LogP contribution in [0.3, 0.4) is 0 Å². The van der Waals surface area contributed by atoms with Crippen LogP contribution in [0.1, 0.15) is 24.3 Å². The lowest BCUT2D eigenvalue weighted by Crippen LogP contribution is -2.44. The summed E-state index contributed by atoms with van der Waals surface area (Å²) in [6.45, 7) is 5.41. The summed E-state index contributed by atoms with van der Waals surface area (Å²) in [5.74, 6) is 1.41. The minimum Gasteiger partial charge on any atom is -0.383 e. The maximum atomic E-state index is 10.7. The molecule has 7 nitrogen and oxygen atoms in total. The van der Waals surface area contributed by atoms with Gasteiger partial charge in [0, 0.05) is 30.0 Å². The molecule has 0 fully saturated rings. The normalized spacial score (nSPS) is 14.0. The first-order chi connectivity index (χ1) is 13.1. The van der Waals surface area contributed by atoms with Crippen molar-refractivity contribution in [3.63, 3.8) is 0 Å². The average Bonchev–Trinajstić information content (AvgIpc) is 3.38. The summed E-state index contributed by atoms with van der Waals surface area (Å²) < 4.78 is 1.72. The van der Waals surface area contributed by atoms with Crippen molar-refractivity contribution in [3.8, 4) is 5.82 Å². The molecule has 3 heterocycles. The molecule has 0 bridgehead atoms. The Balaban J connectivity index is 1.66. The second-order valence-corrected chi connectivity index (χ2v) is 7.22. The first kappa shape index (κ1) is 19.1. The average molecular weight is 385 g/mol. The molecule has 1 unspecified atom stereocenters. The number of aliphatic hydroxyl groups is 1. The van der Waals surface area contributed by atoms with E-state index in [2.05, 4.69) is 25.7 Å². The molecule has 0 aliphatic rings. The predicted octanol–water partition coefficient (Wildman–Crippen LogP) is 2.29. The Hall–Kier alpha value is -2.71. The topological polar surface area (TPSA) is 87.4 Å². The first-order valence-corrected chi connectivity index (χ1v) is 9.70. The second kappa shape index (κ2) is 8.79. The summed E-state index contributed by atoms with van der Waals surface area (Å²) in [4.78, 5) is 9.87. The number of thiophene rings is 1. The summed E-state index contributed by atoms with van der Waals surface area (Å²) in [6, 6.07) is 9.63. The molecule has 0 aliphatic heterocycles. The molecule has 0 aliphatic carbocycles. The minimum atomic E-state index is -0.950. The number of aliphatic imine (C=N–C) groups is 1. The van der Waals surface area contributed by atoms with Crippen LogP contribution in [0.5, 0.6) is 0 Å². The van der Waals surface area contributed by atoms with Crippen LogP contribution in [0.15, 0.2) is 59.3 Å². The minimum absolute atomic E-state index is 0.369. The van der Waals surface area contributed by atoms with Crippen LogP contribution >= 0.6 is 11.3 Å². The molecule has 142 valence electrons. The van der Waals surface area contributed by atoms with Crippen LogP contribution in [-0.4, -0.2) is 38.9 Å². The van der Waals surface area contributed by atoms with E-state index in [9.17, 15) is 5.11 Å². The third-order valence-electron chi connectivity index (χ3n) is 3.97. The fraction of sp³-hybridized carbons (Fsp3) is 0.316. The van der Waals surface area contributed by atoms with E-state index < -0.39 is 5.60 Å². The standard InChI is InChI=1S/C19H24N6OS/c1-3-20-18(23-14-19(2,26)16-6-4-11-27-16)22-13-15-7-9-21-17(12-15)25-10-5-8-24-25/h4-12,26H,3,13-14H2,1-2H3,(H2,20,22,23). The zero-order valence-corrected chi connectivity index (χ0v) is 16.3. The Morgan fingerprint density at radius 2 is 2.19 bits per heavy atom. The number of hydrogen-bond donors (Lipinski definition) is 3. The van der Waals surface area contributed by atoms with Crippen molar-refractivity contribution in [2.24, 2.45) is 4.99 Å². The lowest BCUT2D eigenvalue weighted by atomic mass is 10.1. The van der Waals surface area contributed by atoms with Gasteiger partial charge in [-0.1, -0.05) is 6.07 Å². The smallest absolute Gasteiger partial charge is 0.191 e. The van der Waals surface area contributed by atoms with Crippen molar-refractivity contribution >= 4 is 17.3 Å². The van der Waals surface area contributed by atoms with Crippen LogP contribution in [-0.2, 0) is 12.1 Å². The maximum Gasteiger partial charge on any atom is 0.191 e. The van der Waals surface area contributed by atoms with Gasteiger partial charge in [-0.2, -0.15) is 5.10 Å². The van der Waals surface area contributed by atoms with Crippen molar-refractivity contribution in [3.05, 3.63) is 64.7 Å². The zero-order valence-electron chi connectivity index (χ0n) is 15.5. The Labute approximate surface area is 162 Å². The van der Waals surface area contributed by atoms with Crippen LogP contribution in [0.4, 0.5) is 0 Å². The molecule has 0 amide bonds. The fourth-order valence-electron chi connectivity index (χ4n) is 2.53. The highest BCUT2D eigenvalue weighted by molar-refractivity contribution is 7.10. The summed E-state index contributed by atoms with van der Waals surface area (Å²) in [7, 11) is 0. The number of aromatic nitrogens is 3. The number of nitrogens with one attached hydrogen (secondary N) is 2. The van der Waals surface area contributed by atoms with Gasteiger partial charge in [-0.05, 0) is 49.1 Å². The summed E-state index contributed by atoms with van der Waals surface area (Å²) in [5, 5.41) is 23.3. The van der Waals surface area contributed by atoms with Gasteiger partial charge in [0.15, 0.2) is 11.8 Å². The Bertz CT molecular complexity index is 858. The molecule has 3 aromatic heterocycles. The number of guanidine groups is 1. The molecule has 27 heavy (non-hydrogen) atoms. The number of nitrogens with zero attached hydrogens (tertiary/aromatic N) is 4. The molecule has 8 heteroatoms. The van der Waals surface area contributed by atoms with Gasteiger partial charge in [0.1, 0.15) is 5.60 Å². The van der Waals surface area contributed by atoms with Gasteiger partial charge in [0.25, 0.3) is 0 Å².